The molecule has 0 heteroatoms. The van der Waals surface area contributed by atoms with Crippen LogP contribution < -0.4 is 0 Å². The first-order valence-electron chi connectivity index (χ1n) is 3.65. The molecule has 0 saturated carbocycles. The zero-order valence-electron chi connectivity index (χ0n) is 6.12. The van der Waals surface area contributed by atoms with E-state index in [1.165, 1.54) is 11.1 Å². The summed E-state index contributed by atoms with van der Waals surface area (Å²) in [5, 5.41) is 0. The van der Waals surface area contributed by atoms with E-state index in [0.29, 0.717) is 0 Å². The summed E-state index contributed by atoms with van der Waals surface area (Å²) in [6.45, 7) is 0. The third-order valence-corrected chi connectivity index (χ3v) is 1.98. The van der Waals surface area contributed by atoms with Crippen molar-refractivity contribution in [3.63, 3.8) is 0 Å². The van der Waals surface area contributed by atoms with Crippen molar-refractivity contribution in [2.75, 3.05) is 0 Å². The van der Waals surface area contributed by atoms with E-state index in [2.05, 4.69) is 30.2 Å². The molecule has 0 spiro atoms. The van der Waals surface area contributed by atoms with E-state index in [1.54, 1.807) is 0 Å². The van der Waals surface area contributed by atoms with Crippen LogP contribution in [0.15, 0.2) is 30.3 Å². The van der Waals surface area contributed by atoms with Gasteiger partial charge in [0.1, 0.15) is 0 Å². The second-order valence-electron chi connectivity index (χ2n) is 2.63. The van der Waals surface area contributed by atoms with E-state index in [9.17, 15) is 0 Å². The lowest BCUT2D eigenvalue weighted by Crippen LogP contribution is -1.87. The topological polar surface area (TPSA) is 0 Å². The smallest absolute Gasteiger partial charge is 0.0639 e. The van der Waals surface area contributed by atoms with Crippen LogP contribution in [0.4, 0.5) is 0 Å². The number of fused-ring (bicyclic) bond motifs is 1. The van der Waals surface area contributed by atoms with Crippen molar-refractivity contribution in [2.45, 2.75) is 5.92 Å². The lowest BCUT2D eigenvalue weighted by Gasteiger charge is -2.01. The average Bonchev–Trinajstić information content (AvgIpc) is 2.47. The molecule has 1 aliphatic carbocycles. The fraction of sp³-hybridized carbons (Fsp3) is 0.0909. The zero-order chi connectivity index (χ0) is 7.68. The zero-order valence-corrected chi connectivity index (χ0v) is 6.12. The minimum atomic E-state index is 0.200. The Morgan fingerprint density at radius 2 is 2.09 bits per heavy atom. The lowest BCUT2D eigenvalue weighted by molar-refractivity contribution is 1.16. The van der Waals surface area contributed by atoms with Gasteiger partial charge in [-0.1, -0.05) is 42.3 Å². The summed E-state index contributed by atoms with van der Waals surface area (Å²) >= 11 is 0. The van der Waals surface area contributed by atoms with E-state index in [1.807, 2.05) is 12.1 Å². The Hall–Kier alpha value is -1.48. The molecule has 11 heavy (non-hydrogen) atoms. The molecule has 1 aliphatic rings. The maximum atomic E-state index is 5.35. The molecule has 0 N–H and O–H groups in total. The maximum absolute atomic E-state index is 5.35. The molecule has 1 atom stereocenters. The molecule has 1 unspecified atom stereocenters. The monoisotopic (exact) mass is 140 g/mol. The van der Waals surface area contributed by atoms with Crippen molar-refractivity contribution in [3.05, 3.63) is 41.5 Å². The fourth-order valence-electron chi connectivity index (χ4n) is 1.39. The highest BCUT2D eigenvalue weighted by molar-refractivity contribution is 5.64. The van der Waals surface area contributed by atoms with Crippen LogP contribution in [0.1, 0.15) is 17.0 Å². The second kappa shape index (κ2) is 2.29. The van der Waals surface area contributed by atoms with Crippen LogP contribution >= 0.6 is 0 Å². The summed E-state index contributed by atoms with van der Waals surface area (Å²) < 4.78 is 0. The summed E-state index contributed by atoms with van der Waals surface area (Å²) in [6.07, 6.45) is 9.49. The van der Waals surface area contributed by atoms with Crippen molar-refractivity contribution < 1.29 is 0 Å². The molecule has 0 aromatic heterocycles. The highest BCUT2D eigenvalue weighted by atomic mass is 14.1. The van der Waals surface area contributed by atoms with E-state index in [0.717, 1.165) is 0 Å². The second-order valence-corrected chi connectivity index (χ2v) is 2.63. The molecule has 1 aromatic rings. The predicted octanol–water partition coefficient (Wildman–Crippen LogP) is 2.43. The Bertz CT molecular complexity index is 339. The Balaban J connectivity index is 2.56. The van der Waals surface area contributed by atoms with Crippen LogP contribution in [-0.2, 0) is 0 Å². The van der Waals surface area contributed by atoms with Gasteiger partial charge in [-0.15, -0.1) is 6.42 Å². The number of rotatable bonds is 0. The predicted molar refractivity (Wildman–Crippen MR) is 47.1 cm³/mol. The van der Waals surface area contributed by atoms with Gasteiger partial charge in [0.25, 0.3) is 0 Å². The molecule has 1 aromatic carbocycles. The van der Waals surface area contributed by atoms with Crippen molar-refractivity contribution in [1.82, 2.24) is 0 Å². The van der Waals surface area contributed by atoms with Gasteiger partial charge in [0.2, 0.25) is 0 Å². The lowest BCUT2D eigenvalue weighted by atomic mass is 10.0. The Morgan fingerprint density at radius 1 is 1.27 bits per heavy atom. The molecule has 0 fully saturated rings. The summed E-state index contributed by atoms with van der Waals surface area (Å²) in [6, 6.07) is 8.22. The van der Waals surface area contributed by atoms with Gasteiger partial charge in [0, 0.05) is 0 Å². The molecule has 0 aliphatic heterocycles. The first-order valence-corrected chi connectivity index (χ1v) is 3.65. The number of allylic oxidation sites excluding steroid dienone is 1. The van der Waals surface area contributed by atoms with Gasteiger partial charge in [0.15, 0.2) is 0 Å². The Labute approximate surface area is 66.6 Å². The van der Waals surface area contributed by atoms with E-state index >= 15 is 0 Å². The molecular weight excluding hydrogens is 132 g/mol. The summed E-state index contributed by atoms with van der Waals surface area (Å²) in [4.78, 5) is 0. The van der Waals surface area contributed by atoms with Crippen molar-refractivity contribution in [2.24, 2.45) is 0 Å². The number of hydrogen-bond acceptors (Lipinski definition) is 0. The van der Waals surface area contributed by atoms with Crippen molar-refractivity contribution in [1.29, 1.82) is 0 Å². The van der Waals surface area contributed by atoms with Gasteiger partial charge in [-0.3, -0.25) is 0 Å². The molecular formula is C11H8. The Morgan fingerprint density at radius 3 is 2.91 bits per heavy atom. The van der Waals surface area contributed by atoms with Gasteiger partial charge in [-0.2, -0.15) is 0 Å². The highest BCUT2D eigenvalue weighted by Gasteiger charge is 2.12. The van der Waals surface area contributed by atoms with Gasteiger partial charge in [-0.05, 0) is 11.1 Å². The molecule has 0 nitrogen and oxygen atoms in total. The van der Waals surface area contributed by atoms with Gasteiger partial charge in [-0.25, -0.2) is 0 Å². The van der Waals surface area contributed by atoms with Crippen LogP contribution in [-0.4, -0.2) is 0 Å². The third-order valence-electron chi connectivity index (χ3n) is 1.98. The van der Waals surface area contributed by atoms with Crippen LogP contribution in [0.25, 0.3) is 6.08 Å². The number of terminal acetylenes is 1. The number of benzene rings is 1. The minimum Gasteiger partial charge on any atom is -0.119 e. The Kier molecular flexibility index (Phi) is 1.30. The SMILES string of the molecule is C#CC1C=Cc2ccccc21. The standard InChI is InChI=1S/C11H8/c1-2-9-7-8-10-5-3-4-6-11(9)10/h1,3-9H. The molecule has 2 rings (SSSR count). The summed E-state index contributed by atoms with van der Waals surface area (Å²) in [5.74, 6) is 2.93. The number of hydrogen-bond donors (Lipinski definition) is 0. The first-order chi connectivity index (χ1) is 5.42. The van der Waals surface area contributed by atoms with Crippen LogP contribution in [0.3, 0.4) is 0 Å². The van der Waals surface area contributed by atoms with Crippen LogP contribution in [0.5, 0.6) is 0 Å². The van der Waals surface area contributed by atoms with Crippen LogP contribution in [0.2, 0.25) is 0 Å². The van der Waals surface area contributed by atoms with Crippen LogP contribution in [0, 0.1) is 12.3 Å². The molecule has 0 amide bonds. The van der Waals surface area contributed by atoms with E-state index in [4.69, 9.17) is 6.42 Å². The first kappa shape index (κ1) is 6.24. The molecule has 0 saturated heterocycles. The van der Waals surface area contributed by atoms with Crippen molar-refractivity contribution >= 4 is 6.08 Å². The minimum absolute atomic E-state index is 0.200. The summed E-state index contributed by atoms with van der Waals surface area (Å²) in [7, 11) is 0. The molecule has 0 heterocycles. The molecule has 0 radical (unpaired) electrons. The third kappa shape index (κ3) is 0.860. The normalized spacial score (nSPS) is 19.4. The summed E-state index contributed by atoms with van der Waals surface area (Å²) in [5.41, 5.74) is 2.52. The average molecular weight is 140 g/mol. The maximum Gasteiger partial charge on any atom is 0.0639 e. The fourth-order valence-corrected chi connectivity index (χ4v) is 1.39. The molecule has 52 valence electrons. The van der Waals surface area contributed by atoms with E-state index in [-0.39, 0.29) is 5.92 Å². The quantitative estimate of drug-likeness (QED) is 0.485. The largest absolute Gasteiger partial charge is 0.119 e. The highest BCUT2D eigenvalue weighted by Crippen LogP contribution is 2.28. The van der Waals surface area contributed by atoms with Gasteiger partial charge >= 0.3 is 0 Å². The van der Waals surface area contributed by atoms with E-state index < -0.39 is 0 Å². The van der Waals surface area contributed by atoms with Gasteiger partial charge < -0.3 is 0 Å². The molecule has 0 bridgehead atoms. The van der Waals surface area contributed by atoms with Gasteiger partial charge in [0.05, 0.1) is 5.92 Å². The van der Waals surface area contributed by atoms with Crippen molar-refractivity contribution in [3.8, 4) is 12.3 Å².